The molecule has 3 aromatic rings. The number of carbonyl (C=O) groups excluding carboxylic acids is 1. The first-order chi connectivity index (χ1) is 13.2. The van der Waals surface area contributed by atoms with E-state index >= 15 is 0 Å². The van der Waals surface area contributed by atoms with Gasteiger partial charge in [0.2, 0.25) is 0 Å². The second-order valence-electron chi connectivity index (χ2n) is 7.30. The quantitative estimate of drug-likeness (QED) is 0.626. The molecule has 0 bridgehead atoms. The van der Waals surface area contributed by atoms with Gasteiger partial charge in [0.15, 0.2) is 11.6 Å². The van der Waals surface area contributed by atoms with Gasteiger partial charge >= 0.3 is 0 Å². The molecular formula is C21H22FN3O3. The maximum Gasteiger partial charge on any atom is 0.251 e. The van der Waals surface area contributed by atoms with Gasteiger partial charge in [0.25, 0.3) is 5.91 Å². The minimum atomic E-state index is -0.781. The molecule has 0 aliphatic carbocycles. The Morgan fingerprint density at radius 1 is 1.29 bits per heavy atom. The van der Waals surface area contributed by atoms with Gasteiger partial charge in [-0.3, -0.25) is 9.78 Å². The van der Waals surface area contributed by atoms with Crippen LogP contribution in [0.25, 0.3) is 10.9 Å². The molecule has 1 amide bonds. The number of ether oxygens (including phenoxy) is 1. The molecule has 4 N–H and O–H groups in total. The number of nitrogen functional groups attached to an aromatic ring is 1. The molecule has 3 rings (SSSR count). The first kappa shape index (κ1) is 19.4. The number of pyridine rings is 1. The molecule has 1 aromatic heterocycles. The minimum absolute atomic E-state index is 0.154. The van der Waals surface area contributed by atoms with Crippen molar-refractivity contribution >= 4 is 22.5 Å². The molecule has 146 valence electrons. The minimum Gasteiger partial charge on any atom is -0.505 e. The third kappa shape index (κ3) is 4.14. The number of aromatic hydroxyl groups is 1. The number of benzene rings is 2. The monoisotopic (exact) mass is 383 g/mol. The van der Waals surface area contributed by atoms with Crippen molar-refractivity contribution in [2.75, 3.05) is 12.3 Å². The summed E-state index contributed by atoms with van der Waals surface area (Å²) in [6.45, 7) is 5.63. The Bertz CT molecular complexity index is 1050. The van der Waals surface area contributed by atoms with Gasteiger partial charge in [-0.1, -0.05) is 6.07 Å². The van der Waals surface area contributed by atoms with Crippen LogP contribution in [0.15, 0.2) is 42.5 Å². The molecule has 0 fully saturated rings. The summed E-state index contributed by atoms with van der Waals surface area (Å²) < 4.78 is 19.1. The van der Waals surface area contributed by atoms with Gasteiger partial charge in [-0.2, -0.15) is 0 Å². The number of aryl methyl sites for hydroxylation is 1. The number of amides is 1. The van der Waals surface area contributed by atoms with Gasteiger partial charge in [-0.25, -0.2) is 4.39 Å². The fraction of sp³-hybridized carbons (Fsp3) is 0.238. The molecule has 0 saturated heterocycles. The van der Waals surface area contributed by atoms with Gasteiger partial charge in [-0.15, -0.1) is 0 Å². The number of phenols is 1. The Morgan fingerprint density at radius 2 is 2.04 bits per heavy atom. The lowest BCUT2D eigenvalue weighted by atomic mass is 10.1. The predicted octanol–water partition coefficient (Wildman–Crippen LogP) is 3.56. The highest BCUT2D eigenvalue weighted by Gasteiger charge is 2.23. The summed E-state index contributed by atoms with van der Waals surface area (Å²) in [7, 11) is 0. The highest BCUT2D eigenvalue weighted by atomic mass is 19.1. The van der Waals surface area contributed by atoms with Crippen LogP contribution in [-0.4, -0.2) is 28.1 Å². The zero-order valence-electron chi connectivity index (χ0n) is 15.9. The molecule has 0 aliphatic rings. The van der Waals surface area contributed by atoms with Crippen molar-refractivity contribution in [3.05, 3.63) is 59.5 Å². The number of hydrogen-bond acceptors (Lipinski definition) is 5. The molecule has 2 aromatic carbocycles. The van der Waals surface area contributed by atoms with E-state index in [1.165, 1.54) is 6.07 Å². The molecule has 0 spiro atoms. The largest absolute Gasteiger partial charge is 0.505 e. The number of nitrogens with one attached hydrogen (secondary N) is 1. The molecule has 0 saturated carbocycles. The van der Waals surface area contributed by atoms with Gasteiger partial charge in [-0.05, 0) is 57.2 Å². The van der Waals surface area contributed by atoms with E-state index in [0.29, 0.717) is 11.4 Å². The molecule has 1 heterocycles. The Kier molecular flexibility index (Phi) is 5.09. The molecule has 0 aliphatic heterocycles. The standard InChI is InChI=1S/C21H22FN3O3/c1-12-9-15(23)19-16(24-12)5-4-6-18(19)28-11-21(2,3)25-20(27)13-7-8-14(22)17(26)10-13/h4-10,26H,11H2,1-3H3,(H2,23,24)(H,25,27). The first-order valence-corrected chi connectivity index (χ1v) is 8.76. The Hall–Kier alpha value is -3.35. The van der Waals surface area contributed by atoms with Crippen LogP contribution in [0.1, 0.15) is 29.9 Å². The van der Waals surface area contributed by atoms with Crippen LogP contribution in [0, 0.1) is 12.7 Å². The van der Waals surface area contributed by atoms with E-state index in [4.69, 9.17) is 10.5 Å². The van der Waals surface area contributed by atoms with Crippen LogP contribution in [-0.2, 0) is 0 Å². The van der Waals surface area contributed by atoms with Crippen molar-refractivity contribution < 1.29 is 19.0 Å². The number of nitrogens with two attached hydrogens (primary N) is 1. The van der Waals surface area contributed by atoms with Crippen LogP contribution in [0.3, 0.4) is 0 Å². The zero-order chi connectivity index (χ0) is 20.5. The summed E-state index contributed by atoms with van der Waals surface area (Å²) in [5, 5.41) is 13.0. The number of nitrogens with zero attached hydrogens (tertiary/aromatic N) is 1. The number of anilines is 1. The van der Waals surface area contributed by atoms with Crippen molar-refractivity contribution in [2.24, 2.45) is 0 Å². The lowest BCUT2D eigenvalue weighted by Gasteiger charge is -2.27. The van der Waals surface area contributed by atoms with Gasteiger partial charge in [0, 0.05) is 16.9 Å². The van der Waals surface area contributed by atoms with Crippen molar-refractivity contribution in [1.82, 2.24) is 10.3 Å². The molecule has 28 heavy (non-hydrogen) atoms. The average Bonchev–Trinajstić information content (AvgIpc) is 2.61. The first-order valence-electron chi connectivity index (χ1n) is 8.76. The normalized spacial score (nSPS) is 11.4. The van der Waals surface area contributed by atoms with Crippen molar-refractivity contribution in [3.63, 3.8) is 0 Å². The maximum atomic E-state index is 13.2. The van der Waals surface area contributed by atoms with Crippen LogP contribution in [0.5, 0.6) is 11.5 Å². The van der Waals surface area contributed by atoms with E-state index in [1.54, 1.807) is 26.0 Å². The van der Waals surface area contributed by atoms with Crippen LogP contribution >= 0.6 is 0 Å². The van der Waals surface area contributed by atoms with Crippen LogP contribution in [0.2, 0.25) is 0 Å². The second-order valence-corrected chi connectivity index (χ2v) is 7.30. The van der Waals surface area contributed by atoms with Gasteiger partial charge in [0.05, 0.1) is 16.4 Å². The summed E-state index contributed by atoms with van der Waals surface area (Å²) in [5.41, 5.74) is 7.67. The summed E-state index contributed by atoms with van der Waals surface area (Å²) in [5.74, 6) is -1.23. The SMILES string of the molecule is Cc1cc(N)c2c(OCC(C)(C)NC(=O)c3ccc(F)c(O)c3)cccc2n1. The third-order valence-corrected chi connectivity index (χ3v) is 4.20. The molecular weight excluding hydrogens is 361 g/mol. The zero-order valence-corrected chi connectivity index (χ0v) is 15.9. The third-order valence-electron chi connectivity index (χ3n) is 4.20. The molecule has 0 atom stereocenters. The number of halogens is 1. The molecule has 7 heteroatoms. The van der Waals surface area contributed by atoms with Crippen molar-refractivity contribution in [1.29, 1.82) is 0 Å². The Balaban J connectivity index is 1.75. The summed E-state index contributed by atoms with van der Waals surface area (Å²) in [4.78, 5) is 16.9. The number of fused-ring (bicyclic) bond motifs is 1. The fourth-order valence-electron chi connectivity index (χ4n) is 2.87. The van der Waals surface area contributed by atoms with E-state index in [2.05, 4.69) is 10.3 Å². The second kappa shape index (κ2) is 7.34. The summed E-state index contributed by atoms with van der Waals surface area (Å²) in [6, 6.07) is 10.7. The number of hydrogen-bond donors (Lipinski definition) is 3. The molecule has 0 radical (unpaired) electrons. The highest BCUT2D eigenvalue weighted by molar-refractivity contribution is 5.96. The van der Waals surface area contributed by atoms with E-state index in [0.717, 1.165) is 28.7 Å². The van der Waals surface area contributed by atoms with Crippen molar-refractivity contribution in [2.45, 2.75) is 26.3 Å². The Labute approximate surface area is 162 Å². The molecule has 0 unspecified atom stereocenters. The van der Waals surface area contributed by atoms with E-state index in [1.807, 2.05) is 19.1 Å². The van der Waals surface area contributed by atoms with Gasteiger partial charge in [0.1, 0.15) is 12.4 Å². The number of phenolic OH excluding ortho intramolecular Hbond substituents is 1. The summed E-state index contributed by atoms with van der Waals surface area (Å²) >= 11 is 0. The number of aromatic nitrogens is 1. The van der Waals surface area contributed by atoms with Crippen LogP contribution < -0.4 is 15.8 Å². The van der Waals surface area contributed by atoms with E-state index in [9.17, 15) is 14.3 Å². The summed E-state index contributed by atoms with van der Waals surface area (Å²) in [6.07, 6.45) is 0. The van der Waals surface area contributed by atoms with Crippen LogP contribution in [0.4, 0.5) is 10.1 Å². The number of carbonyl (C=O) groups is 1. The lowest BCUT2D eigenvalue weighted by molar-refractivity contribution is 0.0881. The lowest BCUT2D eigenvalue weighted by Crippen LogP contribution is -2.47. The number of rotatable bonds is 5. The average molecular weight is 383 g/mol. The van der Waals surface area contributed by atoms with E-state index < -0.39 is 23.0 Å². The molecule has 6 nitrogen and oxygen atoms in total. The highest BCUT2D eigenvalue weighted by Crippen LogP contribution is 2.30. The smallest absolute Gasteiger partial charge is 0.251 e. The van der Waals surface area contributed by atoms with Crippen molar-refractivity contribution in [3.8, 4) is 11.5 Å². The maximum absolute atomic E-state index is 13.2. The van der Waals surface area contributed by atoms with E-state index in [-0.39, 0.29) is 12.2 Å². The predicted molar refractivity (Wildman–Crippen MR) is 106 cm³/mol. The van der Waals surface area contributed by atoms with Gasteiger partial charge < -0.3 is 20.9 Å². The topological polar surface area (TPSA) is 97.5 Å². The fourth-order valence-corrected chi connectivity index (χ4v) is 2.87. The Morgan fingerprint density at radius 3 is 2.75 bits per heavy atom.